The Morgan fingerprint density at radius 3 is 2.42 bits per heavy atom. The fraction of sp³-hybridized carbons (Fsp3) is 0.200. The summed E-state index contributed by atoms with van der Waals surface area (Å²) in [7, 11) is 3.11. The number of benzene rings is 2. The van der Waals surface area contributed by atoms with Crippen LogP contribution in [-0.4, -0.2) is 35.5 Å². The van der Waals surface area contributed by atoms with Crippen molar-refractivity contribution in [1.29, 1.82) is 0 Å². The van der Waals surface area contributed by atoms with Crippen LogP contribution in [0.25, 0.3) is 0 Å². The number of urea groups is 1. The lowest BCUT2D eigenvalue weighted by molar-refractivity contribution is -0.0328. The SMILES string of the molecule is COc1cccc(Cn2cc(NC(=O)Nc3ccc(SC(F)(F)F)cc3)cn2)c1OC. The number of nitrogens with one attached hydrogen (secondary N) is 2. The summed E-state index contributed by atoms with van der Waals surface area (Å²) in [5, 5.41) is 9.40. The van der Waals surface area contributed by atoms with E-state index in [1.165, 1.54) is 30.5 Å². The number of aromatic nitrogens is 2. The van der Waals surface area contributed by atoms with Gasteiger partial charge in [0.1, 0.15) is 0 Å². The molecule has 0 radical (unpaired) electrons. The molecule has 3 rings (SSSR count). The lowest BCUT2D eigenvalue weighted by Crippen LogP contribution is -2.19. The van der Waals surface area contributed by atoms with Gasteiger partial charge < -0.3 is 20.1 Å². The second-order valence-electron chi connectivity index (χ2n) is 6.23. The van der Waals surface area contributed by atoms with Crippen LogP contribution in [-0.2, 0) is 6.54 Å². The molecule has 0 aliphatic heterocycles. The molecule has 0 saturated heterocycles. The lowest BCUT2D eigenvalue weighted by atomic mass is 10.2. The molecule has 0 aliphatic carbocycles. The van der Waals surface area contributed by atoms with Crippen LogP contribution in [0.4, 0.5) is 29.3 Å². The maximum atomic E-state index is 12.4. The standard InChI is InChI=1S/C20H19F3N4O3S/c1-29-17-5-3-4-13(18(17)30-2)11-27-12-15(10-24-27)26-19(28)25-14-6-8-16(9-7-14)31-20(21,22)23/h3-10,12H,11H2,1-2H3,(H2,25,26,28). The summed E-state index contributed by atoms with van der Waals surface area (Å²) < 4.78 is 49.4. The Labute approximate surface area is 180 Å². The van der Waals surface area contributed by atoms with Gasteiger partial charge in [-0.05, 0) is 42.1 Å². The molecule has 0 bridgehead atoms. The van der Waals surface area contributed by atoms with Gasteiger partial charge in [0.15, 0.2) is 11.5 Å². The summed E-state index contributed by atoms with van der Waals surface area (Å²) in [4.78, 5) is 12.2. The monoisotopic (exact) mass is 452 g/mol. The van der Waals surface area contributed by atoms with Gasteiger partial charge >= 0.3 is 11.5 Å². The molecule has 2 N–H and O–H groups in total. The predicted molar refractivity (Wildman–Crippen MR) is 112 cm³/mol. The van der Waals surface area contributed by atoms with Crippen molar-refractivity contribution in [2.45, 2.75) is 16.9 Å². The number of hydrogen-bond acceptors (Lipinski definition) is 5. The Hall–Kier alpha value is -3.34. The Morgan fingerprint density at radius 1 is 1.06 bits per heavy atom. The van der Waals surface area contributed by atoms with Gasteiger partial charge in [-0.3, -0.25) is 4.68 Å². The van der Waals surface area contributed by atoms with E-state index in [1.807, 2.05) is 12.1 Å². The number of halogens is 3. The molecule has 0 fully saturated rings. The van der Waals surface area contributed by atoms with Crippen LogP contribution in [0, 0.1) is 0 Å². The van der Waals surface area contributed by atoms with Crippen molar-refractivity contribution in [2.24, 2.45) is 0 Å². The lowest BCUT2D eigenvalue weighted by Gasteiger charge is -2.12. The van der Waals surface area contributed by atoms with E-state index in [-0.39, 0.29) is 16.7 Å². The number of nitrogens with zero attached hydrogens (tertiary/aromatic N) is 2. The van der Waals surface area contributed by atoms with Gasteiger partial charge in [0.05, 0.1) is 32.6 Å². The Morgan fingerprint density at radius 2 is 1.77 bits per heavy atom. The fourth-order valence-corrected chi connectivity index (χ4v) is 3.34. The first kappa shape index (κ1) is 22.3. The Bertz CT molecular complexity index is 1040. The van der Waals surface area contributed by atoms with E-state index < -0.39 is 11.5 Å². The molecule has 31 heavy (non-hydrogen) atoms. The second kappa shape index (κ2) is 9.65. The number of carbonyl (C=O) groups is 1. The quantitative estimate of drug-likeness (QED) is 0.482. The van der Waals surface area contributed by atoms with Crippen molar-refractivity contribution in [1.82, 2.24) is 9.78 Å². The van der Waals surface area contributed by atoms with Crippen LogP contribution in [0.3, 0.4) is 0 Å². The maximum Gasteiger partial charge on any atom is 0.446 e. The van der Waals surface area contributed by atoms with Crippen LogP contribution < -0.4 is 20.1 Å². The third-order valence-corrected chi connectivity index (χ3v) is 4.79. The van der Waals surface area contributed by atoms with Crippen molar-refractivity contribution in [3.63, 3.8) is 0 Å². The minimum atomic E-state index is -4.36. The van der Waals surface area contributed by atoms with Crippen molar-refractivity contribution >= 4 is 29.2 Å². The smallest absolute Gasteiger partial charge is 0.446 e. The number of amides is 2. The van der Waals surface area contributed by atoms with Crippen LogP contribution >= 0.6 is 11.8 Å². The molecule has 1 aromatic heterocycles. The maximum absolute atomic E-state index is 12.4. The van der Waals surface area contributed by atoms with Crippen LogP contribution in [0.1, 0.15) is 5.56 Å². The average molecular weight is 452 g/mol. The van der Waals surface area contributed by atoms with Crippen molar-refractivity contribution in [2.75, 3.05) is 24.9 Å². The number of rotatable bonds is 7. The highest BCUT2D eigenvalue weighted by Gasteiger charge is 2.29. The second-order valence-corrected chi connectivity index (χ2v) is 7.37. The molecular weight excluding hydrogens is 433 g/mol. The number of methoxy groups -OCH3 is 2. The molecule has 0 unspecified atom stereocenters. The number of anilines is 2. The third kappa shape index (κ3) is 6.32. The molecule has 0 atom stereocenters. The van der Waals surface area contributed by atoms with E-state index in [1.54, 1.807) is 31.2 Å². The zero-order valence-corrected chi connectivity index (χ0v) is 17.4. The van der Waals surface area contributed by atoms with Gasteiger partial charge in [-0.25, -0.2) is 4.79 Å². The number of ether oxygens (including phenoxy) is 2. The molecule has 164 valence electrons. The highest BCUT2D eigenvalue weighted by atomic mass is 32.2. The summed E-state index contributed by atoms with van der Waals surface area (Å²) in [5.74, 6) is 1.20. The summed E-state index contributed by atoms with van der Waals surface area (Å²) in [5.41, 5.74) is -2.71. The first-order chi connectivity index (χ1) is 14.8. The van der Waals surface area contributed by atoms with E-state index in [4.69, 9.17) is 9.47 Å². The zero-order chi connectivity index (χ0) is 22.4. The van der Waals surface area contributed by atoms with Gasteiger partial charge in [0.25, 0.3) is 0 Å². The molecule has 0 aliphatic rings. The highest BCUT2D eigenvalue weighted by molar-refractivity contribution is 8.00. The minimum Gasteiger partial charge on any atom is -0.493 e. The van der Waals surface area contributed by atoms with Crippen LogP contribution in [0.5, 0.6) is 11.5 Å². The average Bonchev–Trinajstić information content (AvgIpc) is 3.14. The van der Waals surface area contributed by atoms with Crippen molar-refractivity contribution in [3.8, 4) is 11.5 Å². The Balaban J connectivity index is 1.59. The normalized spacial score (nSPS) is 11.1. The van der Waals surface area contributed by atoms with E-state index in [0.29, 0.717) is 29.4 Å². The molecule has 2 amide bonds. The van der Waals surface area contributed by atoms with E-state index >= 15 is 0 Å². The molecule has 1 heterocycles. The van der Waals surface area contributed by atoms with Gasteiger partial charge in [-0.1, -0.05) is 12.1 Å². The topological polar surface area (TPSA) is 77.4 Å². The van der Waals surface area contributed by atoms with Gasteiger partial charge in [-0.2, -0.15) is 18.3 Å². The van der Waals surface area contributed by atoms with Crippen LogP contribution in [0.2, 0.25) is 0 Å². The largest absolute Gasteiger partial charge is 0.493 e. The van der Waals surface area contributed by atoms with E-state index in [0.717, 1.165) is 5.56 Å². The van der Waals surface area contributed by atoms with Gasteiger partial charge in [0.2, 0.25) is 0 Å². The third-order valence-electron chi connectivity index (χ3n) is 4.05. The number of carbonyl (C=O) groups excluding carboxylic acids is 1. The highest BCUT2D eigenvalue weighted by Crippen LogP contribution is 2.37. The van der Waals surface area contributed by atoms with Gasteiger partial charge in [0, 0.05) is 22.3 Å². The summed E-state index contributed by atoms with van der Waals surface area (Å²) in [6.45, 7) is 0.391. The first-order valence-corrected chi connectivity index (χ1v) is 9.75. The molecule has 3 aromatic rings. The molecular formula is C20H19F3N4O3S. The Kier molecular flexibility index (Phi) is 6.95. The fourth-order valence-electron chi connectivity index (χ4n) is 2.80. The summed E-state index contributed by atoms with van der Waals surface area (Å²) >= 11 is -0.217. The molecule has 0 spiro atoms. The molecule has 11 heteroatoms. The molecule has 2 aromatic carbocycles. The van der Waals surface area contributed by atoms with Crippen molar-refractivity contribution in [3.05, 3.63) is 60.4 Å². The predicted octanol–water partition coefficient (Wildman–Crippen LogP) is 5.20. The van der Waals surface area contributed by atoms with Crippen molar-refractivity contribution < 1.29 is 27.4 Å². The minimum absolute atomic E-state index is 0.0349. The summed E-state index contributed by atoms with van der Waals surface area (Å²) in [6, 6.07) is 10.3. The summed E-state index contributed by atoms with van der Waals surface area (Å²) in [6.07, 6.45) is 3.12. The number of hydrogen-bond donors (Lipinski definition) is 2. The molecule has 7 nitrogen and oxygen atoms in total. The van der Waals surface area contributed by atoms with E-state index in [9.17, 15) is 18.0 Å². The van der Waals surface area contributed by atoms with Gasteiger partial charge in [-0.15, -0.1) is 0 Å². The number of thioether (sulfide) groups is 1. The number of alkyl halides is 3. The zero-order valence-electron chi connectivity index (χ0n) is 16.6. The first-order valence-electron chi connectivity index (χ1n) is 8.93. The van der Waals surface area contributed by atoms with E-state index in [2.05, 4.69) is 15.7 Å². The van der Waals surface area contributed by atoms with Crippen LogP contribution in [0.15, 0.2) is 59.8 Å². The molecule has 0 saturated carbocycles. The number of para-hydroxylation sites is 1.